The predicted molar refractivity (Wildman–Crippen MR) is 102 cm³/mol. The lowest BCUT2D eigenvalue weighted by Crippen LogP contribution is -2.59. The van der Waals surface area contributed by atoms with Crippen LogP contribution in [-0.4, -0.2) is 54.3 Å². The minimum atomic E-state index is -6.79. The number of amides is 1. The van der Waals surface area contributed by atoms with Crippen LogP contribution >= 0.6 is 11.6 Å². The van der Waals surface area contributed by atoms with Crippen molar-refractivity contribution in [2.75, 3.05) is 13.7 Å². The van der Waals surface area contributed by atoms with E-state index in [2.05, 4.69) is 10.2 Å². The Labute approximate surface area is 205 Å². The first-order valence-corrected chi connectivity index (χ1v) is 10.1. The van der Waals surface area contributed by atoms with Gasteiger partial charge in [-0.1, -0.05) is 11.6 Å². The highest BCUT2D eigenvalue weighted by atomic mass is 35.5. The molecule has 1 amide bonds. The van der Waals surface area contributed by atoms with E-state index in [1.807, 2.05) is 5.32 Å². The average Bonchev–Trinajstić information content (AvgIpc) is 3.02. The molecule has 18 heteroatoms. The number of rotatable bonds is 10. The molecule has 1 aromatic rings. The number of benzene rings is 1. The third-order valence-electron chi connectivity index (χ3n) is 5.10. The van der Waals surface area contributed by atoms with Gasteiger partial charge in [0.05, 0.1) is 17.0 Å². The fourth-order valence-electron chi connectivity index (χ4n) is 3.06. The summed E-state index contributed by atoms with van der Waals surface area (Å²) in [5, 5.41) is 3.49. The zero-order chi connectivity index (χ0) is 28.7. The van der Waals surface area contributed by atoms with Gasteiger partial charge in [-0.05, 0) is 6.92 Å². The summed E-state index contributed by atoms with van der Waals surface area (Å²) in [6, 6.07) is 0. The highest BCUT2D eigenvalue weighted by molar-refractivity contribution is 6.31. The second-order valence-electron chi connectivity index (χ2n) is 8.04. The number of carbonyl (C=O) groups is 1. The minimum Gasteiger partial charge on any atom is -0.481 e. The summed E-state index contributed by atoms with van der Waals surface area (Å²) in [5.74, 6) is -32.6. The van der Waals surface area contributed by atoms with Gasteiger partial charge in [0.1, 0.15) is 0 Å². The Hall–Kier alpha value is -2.56. The Morgan fingerprint density at radius 3 is 2.03 bits per heavy atom. The maximum atomic E-state index is 14.3. The molecule has 5 nitrogen and oxygen atoms in total. The standard InChI is InChI=1S/C19H16ClF12N3O2/c1-16(8(20)5-35(2)34-16)3-9(36)33-4-7-10(21)12(23)14(13(24)11(7)22)37-6-17(27,28)19(31,32)18(29,30)15(25)26/h5,15,34H,3-4,6H2,1-2H3,(H,33,36). The Morgan fingerprint density at radius 1 is 1.08 bits per heavy atom. The molecule has 1 atom stereocenters. The molecule has 210 valence electrons. The molecule has 2 rings (SSSR count). The first-order chi connectivity index (χ1) is 16.7. The largest absolute Gasteiger partial charge is 0.481 e. The zero-order valence-corrected chi connectivity index (χ0v) is 19.2. The molecule has 0 saturated heterocycles. The van der Waals surface area contributed by atoms with E-state index in [4.69, 9.17) is 11.6 Å². The van der Waals surface area contributed by atoms with Gasteiger partial charge in [-0.25, -0.2) is 23.0 Å². The molecule has 1 aliphatic heterocycles. The molecule has 0 aliphatic carbocycles. The fourth-order valence-corrected chi connectivity index (χ4v) is 3.31. The van der Waals surface area contributed by atoms with Crippen molar-refractivity contribution in [3.05, 3.63) is 40.1 Å². The minimum absolute atomic E-state index is 0.162. The third kappa shape index (κ3) is 5.66. The summed E-state index contributed by atoms with van der Waals surface area (Å²) in [4.78, 5) is 12.1. The lowest BCUT2D eigenvalue weighted by molar-refractivity contribution is -0.342. The van der Waals surface area contributed by atoms with Crippen LogP contribution in [0.15, 0.2) is 11.2 Å². The predicted octanol–water partition coefficient (Wildman–Crippen LogP) is 5.09. The molecule has 1 aliphatic rings. The van der Waals surface area contributed by atoms with Crippen LogP contribution in [0.3, 0.4) is 0 Å². The number of nitrogens with zero attached hydrogens (tertiary/aromatic N) is 1. The van der Waals surface area contributed by atoms with Crippen LogP contribution in [0.1, 0.15) is 18.9 Å². The second-order valence-corrected chi connectivity index (χ2v) is 8.45. The van der Waals surface area contributed by atoms with Crippen molar-refractivity contribution < 1.29 is 62.2 Å². The summed E-state index contributed by atoms with van der Waals surface area (Å²) in [7, 11) is 1.53. The number of alkyl halides is 8. The second kappa shape index (κ2) is 10.3. The van der Waals surface area contributed by atoms with Gasteiger partial charge in [-0.2, -0.15) is 35.1 Å². The highest BCUT2D eigenvalue weighted by Gasteiger charge is 2.75. The Balaban J connectivity index is 2.21. The number of nitrogens with one attached hydrogen (secondary N) is 2. The van der Waals surface area contributed by atoms with E-state index in [9.17, 15) is 57.5 Å². The van der Waals surface area contributed by atoms with Gasteiger partial charge in [0.2, 0.25) is 17.5 Å². The Bertz CT molecular complexity index is 1060. The Morgan fingerprint density at radius 2 is 1.59 bits per heavy atom. The number of halogens is 13. The van der Waals surface area contributed by atoms with Gasteiger partial charge in [0.15, 0.2) is 24.0 Å². The lowest BCUT2D eigenvalue weighted by Gasteiger charge is -2.32. The van der Waals surface area contributed by atoms with Crippen molar-refractivity contribution >= 4 is 17.5 Å². The van der Waals surface area contributed by atoms with E-state index in [1.165, 1.54) is 25.2 Å². The van der Waals surface area contributed by atoms with E-state index in [0.29, 0.717) is 0 Å². The maximum absolute atomic E-state index is 14.3. The zero-order valence-electron chi connectivity index (χ0n) is 18.5. The van der Waals surface area contributed by atoms with E-state index in [1.54, 1.807) is 0 Å². The number of hydrazine groups is 1. The van der Waals surface area contributed by atoms with Crippen molar-refractivity contribution in [2.45, 2.75) is 49.6 Å². The van der Waals surface area contributed by atoms with Crippen LogP contribution < -0.4 is 15.5 Å². The molecule has 0 bridgehead atoms. The SMILES string of the molecule is CN1C=C(Cl)C(C)(CC(=O)NCc2c(F)c(F)c(OCC(F)(F)C(F)(F)C(F)(F)C(F)F)c(F)c2F)N1. The first-order valence-electron chi connectivity index (χ1n) is 9.74. The van der Waals surface area contributed by atoms with Gasteiger partial charge in [-0.15, -0.1) is 0 Å². The summed E-state index contributed by atoms with van der Waals surface area (Å²) < 4.78 is 164. The highest BCUT2D eigenvalue weighted by Crippen LogP contribution is 2.48. The summed E-state index contributed by atoms with van der Waals surface area (Å²) >= 11 is 5.98. The summed E-state index contributed by atoms with van der Waals surface area (Å²) in [6.45, 7) is -2.80. The number of carbonyl (C=O) groups excluding carboxylic acids is 1. The van der Waals surface area contributed by atoms with E-state index < -0.39 is 89.8 Å². The molecule has 1 heterocycles. The summed E-state index contributed by atoms with van der Waals surface area (Å²) in [6.07, 6.45) is -4.30. The fraction of sp³-hybridized carbons (Fsp3) is 0.526. The molecule has 0 aromatic heterocycles. The van der Waals surface area contributed by atoms with Crippen LogP contribution in [-0.2, 0) is 11.3 Å². The van der Waals surface area contributed by atoms with Gasteiger partial charge >= 0.3 is 24.2 Å². The molecule has 2 N–H and O–H groups in total. The van der Waals surface area contributed by atoms with Crippen molar-refractivity contribution in [1.29, 1.82) is 0 Å². The average molecular weight is 582 g/mol. The molecule has 1 aromatic carbocycles. The molecule has 37 heavy (non-hydrogen) atoms. The van der Waals surface area contributed by atoms with Crippen LogP contribution in [0, 0.1) is 23.3 Å². The van der Waals surface area contributed by atoms with Crippen LogP contribution in [0.4, 0.5) is 52.7 Å². The quantitative estimate of drug-likeness (QED) is 0.299. The van der Waals surface area contributed by atoms with E-state index in [0.717, 1.165) is 0 Å². The number of hydrogen-bond acceptors (Lipinski definition) is 4. The van der Waals surface area contributed by atoms with Crippen LogP contribution in [0.25, 0.3) is 0 Å². The monoisotopic (exact) mass is 581 g/mol. The van der Waals surface area contributed by atoms with Gasteiger partial charge < -0.3 is 15.1 Å². The van der Waals surface area contributed by atoms with Crippen LogP contribution in [0.5, 0.6) is 5.75 Å². The van der Waals surface area contributed by atoms with Crippen LogP contribution in [0.2, 0.25) is 0 Å². The smallest absolute Gasteiger partial charge is 0.381 e. The molecule has 0 fully saturated rings. The van der Waals surface area contributed by atoms with Crippen molar-refractivity contribution in [3.63, 3.8) is 0 Å². The molecule has 0 spiro atoms. The Kier molecular flexibility index (Phi) is 8.54. The molecular formula is C19H16ClF12N3O2. The number of ether oxygens (including phenoxy) is 1. The lowest BCUT2D eigenvalue weighted by atomic mass is 9.99. The van der Waals surface area contributed by atoms with Gasteiger partial charge in [-0.3, -0.25) is 4.79 Å². The molecular weight excluding hydrogens is 566 g/mol. The molecule has 0 saturated carbocycles. The number of hydrogen-bond donors (Lipinski definition) is 2. The molecule has 1 unspecified atom stereocenters. The normalized spacial score (nSPS) is 18.9. The van der Waals surface area contributed by atoms with Crippen molar-refractivity contribution in [1.82, 2.24) is 15.8 Å². The van der Waals surface area contributed by atoms with E-state index in [-0.39, 0.29) is 5.03 Å². The van der Waals surface area contributed by atoms with Gasteiger partial charge in [0.25, 0.3) is 0 Å². The summed E-state index contributed by atoms with van der Waals surface area (Å²) in [5.41, 5.74) is 0.131. The third-order valence-corrected chi connectivity index (χ3v) is 5.61. The topological polar surface area (TPSA) is 53.6 Å². The first kappa shape index (κ1) is 30.7. The maximum Gasteiger partial charge on any atom is 0.381 e. The van der Waals surface area contributed by atoms with Crippen molar-refractivity contribution in [2.24, 2.45) is 0 Å². The van der Waals surface area contributed by atoms with E-state index >= 15 is 0 Å². The van der Waals surface area contributed by atoms with Crippen molar-refractivity contribution in [3.8, 4) is 5.75 Å². The molecule has 0 radical (unpaired) electrons. The van der Waals surface area contributed by atoms with Gasteiger partial charge in [0, 0.05) is 25.4 Å².